The first-order chi connectivity index (χ1) is 17.1. The Kier molecular flexibility index (Phi) is 7.45. The second-order valence-corrected chi connectivity index (χ2v) is 7.92. The van der Waals surface area contributed by atoms with Crippen molar-refractivity contribution < 1.29 is 9.90 Å². The predicted octanol–water partition coefficient (Wildman–Crippen LogP) is 3.05. The van der Waals surface area contributed by atoms with Gasteiger partial charge in [-0.25, -0.2) is 0 Å². The van der Waals surface area contributed by atoms with Gasteiger partial charge in [0.1, 0.15) is 0 Å². The molecule has 4 rings (SSSR count). The number of nitrogens with one attached hydrogen (secondary N) is 2. The van der Waals surface area contributed by atoms with Gasteiger partial charge in [-0.3, -0.25) is 9.78 Å². The van der Waals surface area contributed by atoms with Crippen molar-refractivity contribution in [3.63, 3.8) is 0 Å². The highest BCUT2D eigenvalue weighted by Gasteiger charge is 2.14. The maximum Gasteiger partial charge on any atom is 0.251 e. The maximum absolute atomic E-state index is 12.7. The average Bonchev–Trinajstić information content (AvgIpc) is 3.30. The lowest BCUT2D eigenvalue weighted by atomic mass is 10.1. The van der Waals surface area contributed by atoms with Crippen LogP contribution in [0.4, 0.5) is 5.69 Å². The summed E-state index contributed by atoms with van der Waals surface area (Å²) in [5.41, 5.74) is 4.61. The minimum absolute atomic E-state index is 0.0461. The standard InChI is InChI=1S/C26H25N7O2/c1-18-5-6-19(15-27)13-22(18)16-30-26(35)21-3-2-4-23(14-21)29-17-24-31-32-25(33(24)11-12-34)20-7-9-28-10-8-20/h2-10,13-14,29,34H,11-12,16-17H2,1H3,(H,30,35). The van der Waals surface area contributed by atoms with Crippen molar-refractivity contribution in [2.45, 2.75) is 26.6 Å². The number of nitriles is 1. The largest absolute Gasteiger partial charge is 0.395 e. The Hall–Kier alpha value is -4.55. The molecule has 0 atom stereocenters. The predicted molar refractivity (Wildman–Crippen MR) is 131 cm³/mol. The molecule has 9 heteroatoms. The molecule has 0 radical (unpaired) electrons. The van der Waals surface area contributed by atoms with E-state index in [1.54, 1.807) is 42.7 Å². The van der Waals surface area contributed by atoms with Crippen molar-refractivity contribution in [2.75, 3.05) is 11.9 Å². The third-order valence-corrected chi connectivity index (χ3v) is 5.58. The Morgan fingerprint density at radius 2 is 1.91 bits per heavy atom. The molecule has 9 nitrogen and oxygen atoms in total. The highest BCUT2D eigenvalue weighted by Crippen LogP contribution is 2.19. The molecule has 2 heterocycles. The van der Waals surface area contributed by atoms with Gasteiger partial charge in [-0.05, 0) is 60.5 Å². The summed E-state index contributed by atoms with van der Waals surface area (Å²) >= 11 is 0. The molecule has 0 aliphatic rings. The number of aliphatic hydroxyl groups is 1. The van der Waals surface area contributed by atoms with Crippen LogP contribution in [0.25, 0.3) is 11.4 Å². The van der Waals surface area contributed by atoms with Crippen LogP contribution in [0, 0.1) is 18.3 Å². The number of aryl methyl sites for hydroxylation is 1. The molecule has 0 saturated carbocycles. The highest BCUT2D eigenvalue weighted by molar-refractivity contribution is 5.95. The van der Waals surface area contributed by atoms with Gasteiger partial charge in [0.15, 0.2) is 11.6 Å². The van der Waals surface area contributed by atoms with E-state index in [2.05, 4.69) is 31.9 Å². The van der Waals surface area contributed by atoms with Gasteiger partial charge in [0.2, 0.25) is 0 Å². The van der Waals surface area contributed by atoms with E-state index in [9.17, 15) is 9.90 Å². The molecule has 4 aromatic rings. The number of benzene rings is 2. The number of aromatic nitrogens is 4. The zero-order valence-corrected chi connectivity index (χ0v) is 19.3. The number of nitrogens with zero attached hydrogens (tertiary/aromatic N) is 5. The van der Waals surface area contributed by atoms with Crippen molar-refractivity contribution in [1.29, 1.82) is 5.26 Å². The van der Waals surface area contributed by atoms with E-state index in [-0.39, 0.29) is 12.5 Å². The molecule has 0 unspecified atom stereocenters. The van der Waals surface area contributed by atoms with Crippen LogP contribution in [0.2, 0.25) is 0 Å². The second kappa shape index (κ2) is 11.0. The molecular formula is C26H25N7O2. The molecule has 1 amide bonds. The van der Waals surface area contributed by atoms with Crippen molar-refractivity contribution >= 4 is 11.6 Å². The van der Waals surface area contributed by atoms with Crippen LogP contribution < -0.4 is 10.6 Å². The highest BCUT2D eigenvalue weighted by atomic mass is 16.3. The summed E-state index contributed by atoms with van der Waals surface area (Å²) in [4.78, 5) is 16.8. The number of carbonyl (C=O) groups excluding carboxylic acids is 1. The molecule has 0 aliphatic heterocycles. The minimum Gasteiger partial charge on any atom is -0.395 e. The number of rotatable bonds is 9. The molecule has 2 aromatic carbocycles. The smallest absolute Gasteiger partial charge is 0.251 e. The Morgan fingerprint density at radius 3 is 2.69 bits per heavy atom. The van der Waals surface area contributed by atoms with Gasteiger partial charge < -0.3 is 20.3 Å². The average molecular weight is 468 g/mol. The van der Waals surface area contributed by atoms with E-state index in [0.717, 1.165) is 22.4 Å². The lowest BCUT2D eigenvalue weighted by molar-refractivity contribution is 0.0951. The number of hydrogen-bond donors (Lipinski definition) is 3. The number of hydrogen-bond acceptors (Lipinski definition) is 7. The molecule has 176 valence electrons. The van der Waals surface area contributed by atoms with E-state index in [1.165, 1.54) is 0 Å². The van der Waals surface area contributed by atoms with Crippen molar-refractivity contribution in [1.82, 2.24) is 25.1 Å². The molecule has 3 N–H and O–H groups in total. The van der Waals surface area contributed by atoms with Crippen LogP contribution >= 0.6 is 0 Å². The minimum atomic E-state index is -0.209. The summed E-state index contributed by atoms with van der Waals surface area (Å²) in [6, 6.07) is 18.4. The number of anilines is 1. The van der Waals surface area contributed by atoms with Gasteiger partial charge in [-0.2, -0.15) is 5.26 Å². The summed E-state index contributed by atoms with van der Waals surface area (Å²) in [6.07, 6.45) is 3.37. The van der Waals surface area contributed by atoms with Gasteiger partial charge in [0.05, 0.1) is 24.8 Å². The summed E-state index contributed by atoms with van der Waals surface area (Å²) in [5, 5.41) is 33.4. The Balaban J connectivity index is 1.43. The third kappa shape index (κ3) is 5.69. The van der Waals surface area contributed by atoms with Crippen molar-refractivity contribution in [3.8, 4) is 17.5 Å². The molecule has 0 saturated heterocycles. The second-order valence-electron chi connectivity index (χ2n) is 7.92. The zero-order chi connectivity index (χ0) is 24.6. The fraction of sp³-hybridized carbons (Fsp3) is 0.192. The van der Waals surface area contributed by atoms with Crippen LogP contribution in [0.3, 0.4) is 0 Å². The van der Waals surface area contributed by atoms with Crippen molar-refractivity contribution in [2.24, 2.45) is 0 Å². The third-order valence-electron chi connectivity index (χ3n) is 5.58. The number of pyridine rings is 1. The normalized spacial score (nSPS) is 10.5. The van der Waals surface area contributed by atoms with Crippen LogP contribution in [-0.4, -0.2) is 37.4 Å². The van der Waals surface area contributed by atoms with E-state index in [4.69, 9.17) is 5.26 Å². The summed E-state index contributed by atoms with van der Waals surface area (Å²) in [5.74, 6) is 1.11. The molecule has 2 aromatic heterocycles. The monoisotopic (exact) mass is 467 g/mol. The topological polar surface area (TPSA) is 129 Å². The van der Waals surface area contributed by atoms with Crippen LogP contribution in [-0.2, 0) is 19.6 Å². The van der Waals surface area contributed by atoms with Gasteiger partial charge in [0, 0.05) is 42.3 Å². The summed E-state index contributed by atoms with van der Waals surface area (Å²) in [6.45, 7) is 2.96. The lowest BCUT2D eigenvalue weighted by Crippen LogP contribution is -2.23. The number of aliphatic hydroxyl groups excluding tert-OH is 1. The Morgan fingerprint density at radius 1 is 1.09 bits per heavy atom. The Labute approximate surface area is 203 Å². The molecule has 0 fully saturated rings. The van der Waals surface area contributed by atoms with Crippen LogP contribution in [0.15, 0.2) is 67.0 Å². The van der Waals surface area contributed by atoms with E-state index >= 15 is 0 Å². The molecule has 0 bridgehead atoms. The SMILES string of the molecule is Cc1ccc(C#N)cc1CNC(=O)c1cccc(NCc2nnc(-c3ccncc3)n2CCO)c1. The molecule has 0 spiro atoms. The molecule has 35 heavy (non-hydrogen) atoms. The van der Waals surface area contributed by atoms with Crippen LogP contribution in [0.1, 0.15) is 32.9 Å². The zero-order valence-electron chi connectivity index (χ0n) is 19.3. The summed E-state index contributed by atoms with van der Waals surface area (Å²) < 4.78 is 1.86. The quantitative estimate of drug-likeness (QED) is 0.345. The first-order valence-corrected chi connectivity index (χ1v) is 11.1. The fourth-order valence-corrected chi connectivity index (χ4v) is 3.68. The maximum atomic E-state index is 12.7. The first-order valence-electron chi connectivity index (χ1n) is 11.1. The number of carbonyl (C=O) groups is 1. The number of amides is 1. The van der Waals surface area contributed by atoms with Gasteiger partial charge in [0.25, 0.3) is 5.91 Å². The molecular weight excluding hydrogens is 442 g/mol. The summed E-state index contributed by atoms with van der Waals surface area (Å²) in [7, 11) is 0. The van der Waals surface area contributed by atoms with E-state index in [0.29, 0.717) is 42.4 Å². The molecule has 0 aliphatic carbocycles. The van der Waals surface area contributed by atoms with Gasteiger partial charge >= 0.3 is 0 Å². The first kappa shape index (κ1) is 23.6. The van der Waals surface area contributed by atoms with Gasteiger partial charge in [-0.1, -0.05) is 12.1 Å². The Bertz CT molecular complexity index is 1360. The van der Waals surface area contributed by atoms with E-state index < -0.39 is 0 Å². The van der Waals surface area contributed by atoms with E-state index in [1.807, 2.05) is 35.8 Å². The fourth-order valence-electron chi connectivity index (χ4n) is 3.68. The van der Waals surface area contributed by atoms with Gasteiger partial charge in [-0.15, -0.1) is 10.2 Å². The van der Waals surface area contributed by atoms with Crippen LogP contribution in [0.5, 0.6) is 0 Å². The lowest BCUT2D eigenvalue weighted by Gasteiger charge is -2.12. The van der Waals surface area contributed by atoms with Crippen molar-refractivity contribution in [3.05, 3.63) is 95.1 Å².